The standard InChI is InChI=1S/C16H11ClN6O/c17-13-3-1-11(2-4-13)14-9-19-15(24-14)10-23-16(20-21-22-23)12-5-7-18-8-6-12/h1-9H,10H2. The molecule has 3 heterocycles. The Morgan fingerprint density at radius 3 is 2.58 bits per heavy atom. The van der Waals surface area contributed by atoms with Gasteiger partial charge in [-0.2, -0.15) is 0 Å². The summed E-state index contributed by atoms with van der Waals surface area (Å²) in [6.07, 6.45) is 5.06. The lowest BCUT2D eigenvalue weighted by atomic mass is 10.2. The molecule has 1 aromatic carbocycles. The molecule has 0 atom stereocenters. The molecule has 3 aromatic heterocycles. The lowest BCUT2D eigenvalue weighted by Gasteiger charge is -2.01. The van der Waals surface area contributed by atoms with E-state index in [4.69, 9.17) is 16.0 Å². The number of hydrogen-bond acceptors (Lipinski definition) is 6. The van der Waals surface area contributed by atoms with Gasteiger partial charge in [0.15, 0.2) is 11.6 Å². The van der Waals surface area contributed by atoms with E-state index in [9.17, 15) is 0 Å². The van der Waals surface area contributed by atoms with Gasteiger partial charge in [0, 0.05) is 28.5 Å². The number of hydrogen-bond donors (Lipinski definition) is 0. The Hall–Kier alpha value is -3.06. The molecule has 0 N–H and O–H groups in total. The molecule has 24 heavy (non-hydrogen) atoms. The predicted octanol–water partition coefficient (Wildman–Crippen LogP) is 3.09. The summed E-state index contributed by atoms with van der Waals surface area (Å²) < 4.78 is 7.42. The molecule has 0 saturated heterocycles. The van der Waals surface area contributed by atoms with Crippen LogP contribution in [0.4, 0.5) is 0 Å². The minimum Gasteiger partial charge on any atom is -0.439 e. The van der Waals surface area contributed by atoms with Crippen molar-refractivity contribution in [1.82, 2.24) is 30.2 Å². The molecule has 0 fully saturated rings. The maximum absolute atomic E-state index is 5.90. The Kier molecular flexibility index (Phi) is 3.76. The van der Waals surface area contributed by atoms with Gasteiger partial charge in [-0.05, 0) is 46.8 Å². The van der Waals surface area contributed by atoms with Gasteiger partial charge in [-0.25, -0.2) is 9.67 Å². The van der Waals surface area contributed by atoms with E-state index < -0.39 is 0 Å². The molecule has 4 rings (SSSR count). The van der Waals surface area contributed by atoms with Gasteiger partial charge in [-0.3, -0.25) is 4.98 Å². The summed E-state index contributed by atoms with van der Waals surface area (Å²) in [4.78, 5) is 8.29. The second kappa shape index (κ2) is 6.21. The van der Waals surface area contributed by atoms with Gasteiger partial charge in [-0.15, -0.1) is 5.10 Å². The molecule has 0 radical (unpaired) electrons. The van der Waals surface area contributed by atoms with Crippen molar-refractivity contribution in [1.29, 1.82) is 0 Å². The lowest BCUT2D eigenvalue weighted by Crippen LogP contribution is -2.04. The summed E-state index contributed by atoms with van der Waals surface area (Å²) >= 11 is 5.90. The van der Waals surface area contributed by atoms with E-state index in [-0.39, 0.29) is 0 Å². The van der Waals surface area contributed by atoms with Crippen LogP contribution >= 0.6 is 11.6 Å². The van der Waals surface area contributed by atoms with Crippen molar-refractivity contribution in [2.45, 2.75) is 6.54 Å². The maximum atomic E-state index is 5.90. The summed E-state index contributed by atoms with van der Waals surface area (Å²) in [5.74, 6) is 1.81. The Morgan fingerprint density at radius 2 is 1.79 bits per heavy atom. The van der Waals surface area contributed by atoms with Crippen molar-refractivity contribution < 1.29 is 4.42 Å². The van der Waals surface area contributed by atoms with Crippen LogP contribution in [0, 0.1) is 0 Å². The second-order valence-electron chi connectivity index (χ2n) is 5.02. The van der Waals surface area contributed by atoms with Gasteiger partial charge >= 0.3 is 0 Å². The first-order chi connectivity index (χ1) is 11.8. The predicted molar refractivity (Wildman–Crippen MR) is 87.1 cm³/mol. The molecular formula is C16H11ClN6O. The van der Waals surface area contributed by atoms with Crippen molar-refractivity contribution in [3.8, 4) is 22.7 Å². The second-order valence-corrected chi connectivity index (χ2v) is 5.46. The minimum atomic E-state index is 0.332. The average molecular weight is 339 g/mol. The Labute approximate surface area is 141 Å². The van der Waals surface area contributed by atoms with E-state index in [0.717, 1.165) is 11.1 Å². The fourth-order valence-corrected chi connectivity index (χ4v) is 2.40. The lowest BCUT2D eigenvalue weighted by molar-refractivity contribution is 0.471. The average Bonchev–Trinajstić information content (AvgIpc) is 3.26. The molecule has 0 aliphatic rings. The van der Waals surface area contributed by atoms with Gasteiger partial charge < -0.3 is 4.42 Å². The number of halogens is 1. The molecule has 0 amide bonds. The normalized spacial score (nSPS) is 10.9. The van der Waals surface area contributed by atoms with Crippen LogP contribution < -0.4 is 0 Å². The highest BCUT2D eigenvalue weighted by Crippen LogP contribution is 2.23. The monoisotopic (exact) mass is 338 g/mol. The topological polar surface area (TPSA) is 82.5 Å². The third-order valence-electron chi connectivity index (χ3n) is 3.44. The van der Waals surface area contributed by atoms with Crippen LogP contribution in [0.5, 0.6) is 0 Å². The third kappa shape index (κ3) is 2.89. The number of pyridine rings is 1. The first kappa shape index (κ1) is 14.5. The number of tetrazole rings is 1. The minimum absolute atomic E-state index is 0.332. The Balaban J connectivity index is 1.59. The van der Waals surface area contributed by atoms with Crippen LogP contribution in [0.1, 0.15) is 5.89 Å². The highest BCUT2D eigenvalue weighted by atomic mass is 35.5. The molecule has 0 spiro atoms. The maximum Gasteiger partial charge on any atom is 0.216 e. The molecule has 0 unspecified atom stereocenters. The van der Waals surface area contributed by atoms with Crippen LogP contribution in [0.25, 0.3) is 22.7 Å². The third-order valence-corrected chi connectivity index (χ3v) is 3.69. The summed E-state index contributed by atoms with van der Waals surface area (Å²) in [5.41, 5.74) is 1.78. The van der Waals surface area contributed by atoms with Crippen LogP contribution in [0.2, 0.25) is 5.02 Å². The fourth-order valence-electron chi connectivity index (χ4n) is 2.28. The van der Waals surface area contributed by atoms with E-state index in [2.05, 4.69) is 25.5 Å². The highest BCUT2D eigenvalue weighted by molar-refractivity contribution is 6.30. The van der Waals surface area contributed by atoms with Crippen LogP contribution in [-0.4, -0.2) is 30.2 Å². The molecular weight excluding hydrogens is 328 g/mol. The number of oxazole rings is 1. The summed E-state index contributed by atoms with van der Waals surface area (Å²) in [5, 5.41) is 12.4. The summed E-state index contributed by atoms with van der Waals surface area (Å²) in [6, 6.07) is 11.1. The number of rotatable bonds is 4. The SMILES string of the molecule is Clc1ccc(-c2cnc(Cn3nnnc3-c3ccncc3)o2)cc1. The zero-order valence-electron chi connectivity index (χ0n) is 12.4. The summed E-state index contributed by atoms with van der Waals surface area (Å²) in [6.45, 7) is 0.332. The summed E-state index contributed by atoms with van der Waals surface area (Å²) in [7, 11) is 0. The molecule has 118 valence electrons. The van der Waals surface area contributed by atoms with E-state index in [1.807, 2.05) is 36.4 Å². The zero-order chi connectivity index (χ0) is 16.4. The van der Waals surface area contributed by atoms with E-state index in [0.29, 0.717) is 29.0 Å². The van der Waals surface area contributed by atoms with Crippen molar-refractivity contribution in [3.63, 3.8) is 0 Å². The number of aromatic nitrogens is 6. The number of benzene rings is 1. The van der Waals surface area contributed by atoms with Gasteiger partial charge in [0.05, 0.1) is 6.20 Å². The van der Waals surface area contributed by atoms with Gasteiger partial charge in [0.2, 0.25) is 5.89 Å². The first-order valence-corrected chi connectivity index (χ1v) is 7.54. The van der Waals surface area contributed by atoms with E-state index in [1.54, 1.807) is 23.3 Å². The smallest absolute Gasteiger partial charge is 0.216 e. The highest BCUT2D eigenvalue weighted by Gasteiger charge is 2.13. The van der Waals surface area contributed by atoms with Crippen molar-refractivity contribution in [2.24, 2.45) is 0 Å². The molecule has 7 nitrogen and oxygen atoms in total. The van der Waals surface area contributed by atoms with Crippen molar-refractivity contribution in [2.75, 3.05) is 0 Å². The van der Waals surface area contributed by atoms with Gasteiger partial charge in [0.1, 0.15) is 6.54 Å². The van der Waals surface area contributed by atoms with Crippen molar-refractivity contribution in [3.05, 3.63) is 65.9 Å². The Morgan fingerprint density at radius 1 is 1.00 bits per heavy atom. The van der Waals surface area contributed by atoms with Crippen LogP contribution in [0.15, 0.2) is 59.4 Å². The molecule has 4 aromatic rings. The van der Waals surface area contributed by atoms with Gasteiger partial charge in [-0.1, -0.05) is 11.6 Å². The molecule has 0 bridgehead atoms. The molecule has 8 heteroatoms. The van der Waals surface area contributed by atoms with Crippen LogP contribution in [-0.2, 0) is 6.54 Å². The van der Waals surface area contributed by atoms with Crippen LogP contribution in [0.3, 0.4) is 0 Å². The zero-order valence-corrected chi connectivity index (χ0v) is 13.1. The van der Waals surface area contributed by atoms with E-state index in [1.165, 1.54) is 0 Å². The largest absolute Gasteiger partial charge is 0.439 e. The van der Waals surface area contributed by atoms with Gasteiger partial charge in [0.25, 0.3) is 0 Å². The van der Waals surface area contributed by atoms with Crippen molar-refractivity contribution >= 4 is 11.6 Å². The molecule has 0 aliphatic carbocycles. The Bertz CT molecular complexity index is 948. The fraction of sp³-hybridized carbons (Fsp3) is 0.0625. The molecule has 0 aliphatic heterocycles. The van der Waals surface area contributed by atoms with E-state index >= 15 is 0 Å². The number of nitrogens with zero attached hydrogens (tertiary/aromatic N) is 6. The molecule has 0 saturated carbocycles. The quantitative estimate of drug-likeness (QED) is 0.568. The first-order valence-electron chi connectivity index (χ1n) is 7.17.